The van der Waals surface area contributed by atoms with Crippen molar-refractivity contribution in [2.75, 3.05) is 26.3 Å². The highest BCUT2D eigenvalue weighted by atomic mass is 16.5. The van der Waals surface area contributed by atoms with Crippen LogP contribution in [0.5, 0.6) is 5.75 Å². The van der Waals surface area contributed by atoms with E-state index in [1.54, 1.807) is 12.1 Å². The molecule has 7 nitrogen and oxygen atoms in total. The smallest absolute Gasteiger partial charge is 0.317 e. The highest BCUT2D eigenvalue weighted by molar-refractivity contribution is 5.83. The molecular formula is C22H30N2O5. The molecule has 0 aliphatic heterocycles. The monoisotopic (exact) mass is 402 g/mol. The molecule has 3 rings (SSSR count). The fourth-order valence-corrected chi connectivity index (χ4v) is 3.81. The Morgan fingerprint density at radius 3 is 2.83 bits per heavy atom. The number of fused-ring (bicyclic) bond motifs is 1. The molecule has 1 heterocycles. The Labute approximate surface area is 170 Å². The minimum atomic E-state index is -0.331. The summed E-state index contributed by atoms with van der Waals surface area (Å²) in [7, 11) is 0. The standard InChI is InChI=1S/C22H30N2O5/c1-2-23-22(27)24(11-12-25)13-17-15-29-19-10-6-9-18(20(19)21(17)26)28-14-16-7-4-3-5-8-16/h6,9-10,15-16,25H,2-5,7-8,11-14H2,1H3,(H,23,27). The predicted molar refractivity (Wildman–Crippen MR) is 111 cm³/mol. The van der Waals surface area contributed by atoms with E-state index in [1.165, 1.54) is 30.4 Å². The Morgan fingerprint density at radius 2 is 2.10 bits per heavy atom. The van der Waals surface area contributed by atoms with E-state index >= 15 is 0 Å². The van der Waals surface area contributed by atoms with Crippen LogP contribution in [0.15, 0.2) is 33.7 Å². The largest absolute Gasteiger partial charge is 0.492 e. The van der Waals surface area contributed by atoms with Gasteiger partial charge in [0.25, 0.3) is 0 Å². The maximum atomic E-state index is 13.2. The highest BCUT2D eigenvalue weighted by Gasteiger charge is 2.19. The van der Waals surface area contributed by atoms with Crippen molar-refractivity contribution in [1.82, 2.24) is 10.2 Å². The van der Waals surface area contributed by atoms with Gasteiger partial charge in [-0.3, -0.25) is 4.79 Å². The molecule has 1 fully saturated rings. The minimum absolute atomic E-state index is 0.0572. The van der Waals surface area contributed by atoms with Crippen LogP contribution in [0, 0.1) is 5.92 Å². The first kappa shape index (κ1) is 21.2. The van der Waals surface area contributed by atoms with Crippen LogP contribution in [0.3, 0.4) is 0 Å². The molecule has 0 unspecified atom stereocenters. The maximum Gasteiger partial charge on any atom is 0.317 e. The van der Waals surface area contributed by atoms with Crippen LogP contribution < -0.4 is 15.5 Å². The summed E-state index contributed by atoms with van der Waals surface area (Å²) in [6, 6.07) is 5.01. The van der Waals surface area contributed by atoms with Crippen molar-refractivity contribution in [3.63, 3.8) is 0 Å². The van der Waals surface area contributed by atoms with Gasteiger partial charge in [0.15, 0.2) is 0 Å². The Kier molecular flexibility index (Phi) is 7.52. The molecule has 2 N–H and O–H groups in total. The van der Waals surface area contributed by atoms with Crippen molar-refractivity contribution < 1.29 is 19.1 Å². The van der Waals surface area contributed by atoms with Crippen molar-refractivity contribution in [1.29, 1.82) is 0 Å². The van der Waals surface area contributed by atoms with Gasteiger partial charge in [-0.15, -0.1) is 0 Å². The number of carbonyl (C=O) groups excluding carboxylic acids is 1. The lowest BCUT2D eigenvalue weighted by Crippen LogP contribution is -2.41. The van der Waals surface area contributed by atoms with E-state index < -0.39 is 0 Å². The Hall–Kier alpha value is -2.54. The van der Waals surface area contributed by atoms with E-state index in [4.69, 9.17) is 9.15 Å². The van der Waals surface area contributed by atoms with Gasteiger partial charge in [-0.1, -0.05) is 25.3 Å². The number of rotatable bonds is 8. The zero-order valence-electron chi connectivity index (χ0n) is 17.0. The SMILES string of the molecule is CCNC(=O)N(CCO)Cc1coc2cccc(OCC3CCCCC3)c2c1=O. The third kappa shape index (κ3) is 5.29. The number of nitrogens with zero attached hydrogens (tertiary/aromatic N) is 1. The summed E-state index contributed by atoms with van der Waals surface area (Å²) >= 11 is 0. The Morgan fingerprint density at radius 1 is 1.31 bits per heavy atom. The molecular weight excluding hydrogens is 372 g/mol. The van der Waals surface area contributed by atoms with Crippen LogP contribution in [0.2, 0.25) is 0 Å². The number of aliphatic hydroxyl groups is 1. The number of amides is 2. The summed E-state index contributed by atoms with van der Waals surface area (Å²) in [5.41, 5.74) is 0.607. The van der Waals surface area contributed by atoms with Gasteiger partial charge in [0.1, 0.15) is 16.7 Å². The third-order valence-electron chi connectivity index (χ3n) is 5.38. The van der Waals surface area contributed by atoms with Crippen molar-refractivity contribution in [3.05, 3.63) is 40.2 Å². The third-order valence-corrected chi connectivity index (χ3v) is 5.38. The van der Waals surface area contributed by atoms with E-state index in [2.05, 4.69) is 5.32 Å². The molecule has 1 aliphatic carbocycles. The molecule has 0 radical (unpaired) electrons. The molecule has 0 atom stereocenters. The highest BCUT2D eigenvalue weighted by Crippen LogP contribution is 2.27. The topological polar surface area (TPSA) is 92.0 Å². The molecule has 1 aliphatic rings. The second-order valence-electron chi connectivity index (χ2n) is 7.52. The lowest BCUT2D eigenvalue weighted by Gasteiger charge is -2.22. The zero-order chi connectivity index (χ0) is 20.6. The molecule has 0 spiro atoms. The van der Waals surface area contributed by atoms with Crippen LogP contribution >= 0.6 is 0 Å². The molecule has 29 heavy (non-hydrogen) atoms. The Bertz CT molecular complexity index is 873. The van der Waals surface area contributed by atoms with Crippen molar-refractivity contribution in [2.24, 2.45) is 5.92 Å². The van der Waals surface area contributed by atoms with E-state index in [9.17, 15) is 14.7 Å². The van der Waals surface area contributed by atoms with Gasteiger partial charge in [0.2, 0.25) is 5.43 Å². The Balaban J connectivity index is 1.84. The van der Waals surface area contributed by atoms with E-state index in [0.717, 1.165) is 12.8 Å². The van der Waals surface area contributed by atoms with E-state index in [0.29, 0.717) is 41.4 Å². The molecule has 0 saturated heterocycles. The average Bonchev–Trinajstić information content (AvgIpc) is 2.74. The van der Waals surface area contributed by atoms with Gasteiger partial charge in [-0.25, -0.2) is 4.79 Å². The number of aliphatic hydroxyl groups excluding tert-OH is 1. The van der Waals surface area contributed by atoms with Gasteiger partial charge in [-0.05, 0) is 37.8 Å². The van der Waals surface area contributed by atoms with Crippen molar-refractivity contribution >= 4 is 17.0 Å². The number of urea groups is 1. The van der Waals surface area contributed by atoms with Gasteiger partial charge in [0, 0.05) is 13.1 Å². The molecule has 1 aromatic carbocycles. The first-order valence-corrected chi connectivity index (χ1v) is 10.4. The summed E-state index contributed by atoms with van der Waals surface area (Å²) in [4.78, 5) is 26.8. The van der Waals surface area contributed by atoms with Crippen LogP contribution in [-0.4, -0.2) is 42.3 Å². The first-order chi connectivity index (χ1) is 14.1. The second kappa shape index (κ2) is 10.3. The van der Waals surface area contributed by atoms with Crippen LogP contribution in [-0.2, 0) is 6.54 Å². The molecule has 1 aromatic heterocycles. The van der Waals surface area contributed by atoms with E-state index in [-0.39, 0.29) is 31.2 Å². The first-order valence-electron chi connectivity index (χ1n) is 10.4. The summed E-state index contributed by atoms with van der Waals surface area (Å²) < 4.78 is 11.7. The summed E-state index contributed by atoms with van der Waals surface area (Å²) in [6.45, 7) is 2.87. The minimum Gasteiger partial charge on any atom is -0.492 e. The number of ether oxygens (including phenoxy) is 1. The predicted octanol–water partition coefficient (Wildman–Crippen LogP) is 3.28. The lowest BCUT2D eigenvalue weighted by atomic mass is 9.90. The molecule has 0 bridgehead atoms. The molecule has 7 heteroatoms. The number of hydrogen-bond acceptors (Lipinski definition) is 5. The van der Waals surface area contributed by atoms with Gasteiger partial charge in [-0.2, -0.15) is 0 Å². The van der Waals surface area contributed by atoms with Gasteiger partial charge < -0.3 is 24.5 Å². The van der Waals surface area contributed by atoms with Gasteiger partial charge in [0.05, 0.1) is 31.6 Å². The summed E-state index contributed by atoms with van der Waals surface area (Å²) in [6.07, 6.45) is 7.46. The fraction of sp³-hybridized carbons (Fsp3) is 0.545. The van der Waals surface area contributed by atoms with Crippen LogP contribution in [0.1, 0.15) is 44.6 Å². The number of carbonyl (C=O) groups is 1. The van der Waals surface area contributed by atoms with Crippen LogP contribution in [0.25, 0.3) is 11.0 Å². The molecule has 2 aromatic rings. The fourth-order valence-electron chi connectivity index (χ4n) is 3.81. The molecule has 2 amide bonds. The average molecular weight is 402 g/mol. The zero-order valence-corrected chi connectivity index (χ0v) is 17.0. The number of benzene rings is 1. The number of nitrogens with one attached hydrogen (secondary N) is 1. The lowest BCUT2D eigenvalue weighted by molar-refractivity contribution is 0.174. The summed E-state index contributed by atoms with van der Waals surface area (Å²) in [5.74, 6) is 1.04. The van der Waals surface area contributed by atoms with Crippen LogP contribution in [0.4, 0.5) is 4.79 Å². The van der Waals surface area contributed by atoms with Gasteiger partial charge >= 0.3 is 6.03 Å². The number of hydrogen-bond donors (Lipinski definition) is 2. The maximum absolute atomic E-state index is 13.2. The van der Waals surface area contributed by atoms with E-state index in [1.807, 2.05) is 13.0 Å². The van der Waals surface area contributed by atoms with Crippen molar-refractivity contribution in [2.45, 2.75) is 45.6 Å². The summed E-state index contributed by atoms with van der Waals surface area (Å²) in [5, 5.41) is 12.4. The van der Waals surface area contributed by atoms with Crippen molar-refractivity contribution in [3.8, 4) is 5.75 Å². The quantitative estimate of drug-likeness (QED) is 0.707. The molecule has 1 saturated carbocycles. The second-order valence-corrected chi connectivity index (χ2v) is 7.52. The molecule has 158 valence electrons. The normalized spacial score (nSPS) is 14.7.